The first-order valence-electron chi connectivity index (χ1n) is 6.37. The average molecular weight is 323 g/mol. The maximum absolute atomic E-state index is 12.7. The van der Waals surface area contributed by atoms with E-state index in [2.05, 4.69) is 0 Å². The summed E-state index contributed by atoms with van der Waals surface area (Å²) in [6.45, 7) is 5.23. The number of hydrogen-bond acceptors (Lipinski definition) is 3. The van der Waals surface area contributed by atoms with Crippen molar-refractivity contribution in [1.29, 1.82) is 0 Å². The van der Waals surface area contributed by atoms with Gasteiger partial charge in [-0.25, -0.2) is 0 Å². The lowest BCUT2D eigenvalue weighted by molar-refractivity contribution is -0.125. The molecule has 1 unspecified atom stereocenters. The van der Waals surface area contributed by atoms with Crippen molar-refractivity contribution in [2.24, 2.45) is 0 Å². The third-order valence-electron chi connectivity index (χ3n) is 2.27. The minimum absolute atomic E-state index is 0.129. The molecular weight excluding hydrogens is 301 g/mol. The summed E-state index contributed by atoms with van der Waals surface area (Å²) in [5, 5.41) is 0. The first kappa shape index (κ1) is 19.2. The summed E-state index contributed by atoms with van der Waals surface area (Å²) in [4.78, 5) is 0. The highest BCUT2D eigenvalue weighted by molar-refractivity contribution is 6.61. The van der Waals surface area contributed by atoms with Crippen molar-refractivity contribution in [1.82, 2.24) is 0 Å². The molecule has 0 fully saturated rings. The molecule has 0 rings (SSSR count). The molecule has 0 saturated carbocycles. The zero-order chi connectivity index (χ0) is 14.9. The second-order valence-corrected chi connectivity index (χ2v) is 7.01. The second-order valence-electron chi connectivity index (χ2n) is 4.10. The predicted molar refractivity (Wildman–Crippen MR) is 70.4 cm³/mol. The molecule has 0 heterocycles. The molecule has 0 radical (unpaired) electrons. The second kappa shape index (κ2) is 9.18. The fourth-order valence-electron chi connectivity index (χ4n) is 1.67. The maximum Gasteiger partial charge on any atom is 0.510 e. The molecule has 0 aliphatic carbocycles. The molecule has 3 nitrogen and oxygen atoms in total. The smallest absolute Gasteiger partial charge is 0.374 e. The number of rotatable bonds is 10. The van der Waals surface area contributed by atoms with Gasteiger partial charge in [-0.15, -0.1) is 11.6 Å². The largest absolute Gasteiger partial charge is 0.510 e. The summed E-state index contributed by atoms with van der Waals surface area (Å²) >= 11 is 5.56. The van der Waals surface area contributed by atoms with E-state index in [0.717, 1.165) is 0 Å². The zero-order valence-electron chi connectivity index (χ0n) is 11.6. The van der Waals surface area contributed by atoms with E-state index in [1.807, 2.05) is 0 Å². The first-order valence-corrected chi connectivity index (χ1v) is 8.83. The van der Waals surface area contributed by atoms with Gasteiger partial charge in [0, 0.05) is 25.2 Å². The molecule has 0 aromatic heterocycles. The molecular formula is C11H22ClF3O3Si. The van der Waals surface area contributed by atoms with Crippen LogP contribution in [0, 0.1) is 0 Å². The van der Waals surface area contributed by atoms with E-state index in [0.29, 0.717) is 18.7 Å². The quantitative estimate of drug-likeness (QED) is 0.450. The Morgan fingerprint density at radius 1 is 1.16 bits per heavy atom. The summed E-state index contributed by atoms with van der Waals surface area (Å²) in [7, 11) is -3.71. The molecule has 0 aliphatic heterocycles. The minimum Gasteiger partial charge on any atom is -0.374 e. The van der Waals surface area contributed by atoms with Gasteiger partial charge in [0.1, 0.15) is 6.04 Å². The average Bonchev–Trinajstić information content (AvgIpc) is 2.24. The molecule has 19 heavy (non-hydrogen) atoms. The Morgan fingerprint density at radius 3 is 2.05 bits per heavy atom. The standard InChI is InChI=1S/C11H22ClF3O3Si/c1-4-16-19(17-5-2,9-11(13,14)15)18-10(3)7-6-8-12/h10H,4-9H2,1-3H3. The van der Waals surface area contributed by atoms with Gasteiger partial charge in [0.15, 0.2) is 0 Å². The van der Waals surface area contributed by atoms with Crippen LogP contribution in [0.5, 0.6) is 0 Å². The Bertz CT molecular complexity index is 236. The van der Waals surface area contributed by atoms with Crippen molar-refractivity contribution in [2.45, 2.75) is 51.9 Å². The van der Waals surface area contributed by atoms with Crippen LogP contribution in [0.3, 0.4) is 0 Å². The Kier molecular flexibility index (Phi) is 9.26. The van der Waals surface area contributed by atoms with E-state index in [1.165, 1.54) is 0 Å². The highest BCUT2D eigenvalue weighted by Crippen LogP contribution is 2.31. The lowest BCUT2D eigenvalue weighted by atomic mass is 10.2. The normalized spacial score (nSPS) is 14.7. The van der Waals surface area contributed by atoms with Crippen molar-refractivity contribution < 1.29 is 26.4 Å². The van der Waals surface area contributed by atoms with Gasteiger partial charge in [-0.3, -0.25) is 0 Å². The van der Waals surface area contributed by atoms with Gasteiger partial charge in [-0.05, 0) is 33.6 Å². The van der Waals surface area contributed by atoms with E-state index < -0.39 is 21.0 Å². The highest BCUT2D eigenvalue weighted by Gasteiger charge is 2.52. The zero-order valence-corrected chi connectivity index (χ0v) is 13.3. The summed E-state index contributed by atoms with van der Waals surface area (Å²) in [6, 6.07) is -1.16. The number of hydrogen-bond donors (Lipinski definition) is 0. The summed E-state index contributed by atoms with van der Waals surface area (Å²) < 4.78 is 54.0. The Balaban J connectivity index is 4.78. The molecule has 0 aliphatic rings. The maximum atomic E-state index is 12.7. The topological polar surface area (TPSA) is 27.7 Å². The van der Waals surface area contributed by atoms with Gasteiger partial charge in [-0.1, -0.05) is 0 Å². The Morgan fingerprint density at radius 2 is 1.68 bits per heavy atom. The van der Waals surface area contributed by atoms with E-state index in [1.54, 1.807) is 20.8 Å². The molecule has 0 spiro atoms. The third kappa shape index (κ3) is 8.86. The van der Waals surface area contributed by atoms with Gasteiger partial charge in [0.05, 0.1) is 0 Å². The monoisotopic (exact) mass is 322 g/mol. The van der Waals surface area contributed by atoms with E-state index in [9.17, 15) is 13.2 Å². The molecule has 0 amide bonds. The van der Waals surface area contributed by atoms with Crippen molar-refractivity contribution >= 4 is 20.4 Å². The fourth-order valence-corrected chi connectivity index (χ4v) is 4.43. The molecule has 0 aromatic rings. The van der Waals surface area contributed by atoms with Crippen LogP contribution in [0.25, 0.3) is 0 Å². The number of halogens is 4. The predicted octanol–water partition coefficient (Wildman–Crippen LogP) is 3.98. The lowest BCUT2D eigenvalue weighted by Crippen LogP contribution is -2.51. The van der Waals surface area contributed by atoms with Gasteiger partial charge < -0.3 is 13.3 Å². The Labute approximate surface area is 118 Å². The summed E-state index contributed by atoms with van der Waals surface area (Å²) in [5.41, 5.74) is 0. The molecule has 1 atom stereocenters. The molecule has 0 N–H and O–H groups in total. The van der Waals surface area contributed by atoms with Crippen molar-refractivity contribution in [3.05, 3.63) is 0 Å². The summed E-state index contributed by atoms with van der Waals surface area (Å²) in [6.07, 6.45) is -3.48. The van der Waals surface area contributed by atoms with Crippen LogP contribution in [-0.4, -0.2) is 40.2 Å². The van der Waals surface area contributed by atoms with Crippen LogP contribution >= 0.6 is 11.6 Å². The molecule has 0 aromatic carbocycles. The highest BCUT2D eigenvalue weighted by atomic mass is 35.5. The minimum atomic E-state index is -4.37. The van der Waals surface area contributed by atoms with Crippen LogP contribution < -0.4 is 0 Å². The van der Waals surface area contributed by atoms with E-state index in [-0.39, 0.29) is 19.3 Å². The molecule has 8 heteroatoms. The fraction of sp³-hybridized carbons (Fsp3) is 1.00. The SMILES string of the molecule is CCO[Si](CC(F)(F)F)(OCC)OC(C)CCCCl. The van der Waals surface area contributed by atoms with Crippen molar-refractivity contribution in [2.75, 3.05) is 19.1 Å². The molecule has 116 valence electrons. The van der Waals surface area contributed by atoms with Crippen molar-refractivity contribution in [3.63, 3.8) is 0 Å². The van der Waals surface area contributed by atoms with Crippen molar-refractivity contribution in [3.8, 4) is 0 Å². The van der Waals surface area contributed by atoms with Crippen LogP contribution in [0.1, 0.15) is 33.6 Å². The molecule has 0 bridgehead atoms. The first-order chi connectivity index (χ1) is 8.78. The van der Waals surface area contributed by atoms with Crippen LogP contribution in [-0.2, 0) is 13.3 Å². The van der Waals surface area contributed by atoms with Gasteiger partial charge >= 0.3 is 15.0 Å². The third-order valence-corrected chi connectivity index (χ3v) is 5.59. The van der Waals surface area contributed by atoms with Gasteiger partial charge in [0.25, 0.3) is 0 Å². The van der Waals surface area contributed by atoms with Crippen LogP contribution in [0.4, 0.5) is 13.2 Å². The van der Waals surface area contributed by atoms with Crippen LogP contribution in [0.15, 0.2) is 0 Å². The van der Waals surface area contributed by atoms with Crippen LogP contribution in [0.2, 0.25) is 6.04 Å². The van der Waals surface area contributed by atoms with E-state index >= 15 is 0 Å². The molecule has 0 saturated heterocycles. The van der Waals surface area contributed by atoms with Gasteiger partial charge in [-0.2, -0.15) is 13.2 Å². The lowest BCUT2D eigenvalue weighted by Gasteiger charge is -2.32. The van der Waals surface area contributed by atoms with Gasteiger partial charge in [0.2, 0.25) is 0 Å². The Hall–Kier alpha value is 0.177. The number of alkyl halides is 4. The van der Waals surface area contributed by atoms with E-state index in [4.69, 9.17) is 24.9 Å². The summed E-state index contributed by atoms with van der Waals surface area (Å²) in [5.74, 6) is 0.449.